The second-order valence-electron chi connectivity index (χ2n) is 4.47. The molecule has 0 aromatic carbocycles. The summed E-state index contributed by atoms with van der Waals surface area (Å²) in [4.78, 5) is 23.4. The third-order valence-electron chi connectivity index (χ3n) is 3.22. The number of hydrogen-bond donors (Lipinski definition) is 0. The van der Waals surface area contributed by atoms with Crippen LogP contribution in [0.15, 0.2) is 0 Å². The average molecular weight is 338 g/mol. The van der Waals surface area contributed by atoms with Gasteiger partial charge in [0, 0.05) is 6.54 Å². The van der Waals surface area contributed by atoms with Crippen LogP contribution in [0.2, 0.25) is 0 Å². The van der Waals surface area contributed by atoms with Gasteiger partial charge in [-0.1, -0.05) is 0 Å². The number of likely N-dealkylation sites (N-methyl/N-ethyl adjacent to an activating group) is 1. The summed E-state index contributed by atoms with van der Waals surface area (Å²) in [5, 5.41) is 0. The number of amides is 1. The standard InChI is InChI=1S/C11H13ClF5NO3/c1-2-18(9(20)10(13,14)11(15,16)17)7-5-21-4-6(7)8(19)3-12/h6-7H,2-5H2,1H3. The summed E-state index contributed by atoms with van der Waals surface area (Å²) in [7, 11) is 0. The van der Waals surface area contributed by atoms with Crippen LogP contribution in [-0.2, 0) is 14.3 Å². The Labute approximate surface area is 122 Å². The number of carbonyl (C=O) groups excluding carboxylic acids is 2. The molecule has 1 aliphatic heterocycles. The Morgan fingerprint density at radius 2 is 1.81 bits per heavy atom. The Kier molecular flexibility index (Phi) is 5.54. The molecule has 0 N–H and O–H groups in total. The second-order valence-corrected chi connectivity index (χ2v) is 4.74. The van der Waals surface area contributed by atoms with Gasteiger partial charge in [0.2, 0.25) is 0 Å². The fraction of sp³-hybridized carbons (Fsp3) is 0.818. The minimum atomic E-state index is -6.00. The molecule has 4 nitrogen and oxygen atoms in total. The van der Waals surface area contributed by atoms with E-state index >= 15 is 0 Å². The summed E-state index contributed by atoms with van der Waals surface area (Å²) in [6.07, 6.45) is -6.00. The van der Waals surface area contributed by atoms with Crippen LogP contribution < -0.4 is 0 Å². The van der Waals surface area contributed by atoms with Gasteiger partial charge in [0.05, 0.1) is 31.1 Å². The second kappa shape index (κ2) is 6.43. The fourth-order valence-corrected chi connectivity index (χ4v) is 2.29. The van der Waals surface area contributed by atoms with Crippen molar-refractivity contribution < 1.29 is 36.3 Å². The van der Waals surface area contributed by atoms with Crippen molar-refractivity contribution in [3.63, 3.8) is 0 Å². The lowest BCUT2D eigenvalue weighted by atomic mass is 9.97. The van der Waals surface area contributed by atoms with Crippen LogP contribution in [0.1, 0.15) is 6.92 Å². The first-order valence-electron chi connectivity index (χ1n) is 5.99. The number of nitrogens with zero attached hydrogens (tertiary/aromatic N) is 1. The summed E-state index contributed by atoms with van der Waals surface area (Å²) in [5.74, 6) is -9.91. The van der Waals surface area contributed by atoms with Crippen molar-refractivity contribution in [3.8, 4) is 0 Å². The van der Waals surface area contributed by atoms with Crippen molar-refractivity contribution in [1.82, 2.24) is 4.90 Å². The number of Topliss-reactive ketones (excluding diaryl/α,β-unsaturated/α-hetero) is 1. The monoisotopic (exact) mass is 337 g/mol. The first kappa shape index (κ1) is 18.1. The van der Waals surface area contributed by atoms with Crippen LogP contribution in [-0.4, -0.2) is 60.4 Å². The summed E-state index contributed by atoms with van der Waals surface area (Å²) >= 11 is 5.35. The molecular weight excluding hydrogens is 325 g/mol. The lowest BCUT2D eigenvalue weighted by Gasteiger charge is -2.33. The zero-order valence-corrected chi connectivity index (χ0v) is 11.7. The molecule has 21 heavy (non-hydrogen) atoms. The highest BCUT2D eigenvalue weighted by Gasteiger charge is 2.65. The molecule has 2 unspecified atom stereocenters. The third kappa shape index (κ3) is 3.45. The molecule has 0 radical (unpaired) electrons. The molecule has 1 aliphatic rings. The smallest absolute Gasteiger partial charge is 0.378 e. The molecule has 0 aliphatic carbocycles. The fourth-order valence-electron chi connectivity index (χ4n) is 2.09. The number of carbonyl (C=O) groups is 2. The van der Waals surface area contributed by atoms with Gasteiger partial charge in [-0.15, -0.1) is 11.6 Å². The van der Waals surface area contributed by atoms with Gasteiger partial charge in [-0.3, -0.25) is 9.59 Å². The maximum atomic E-state index is 13.2. The molecule has 10 heteroatoms. The van der Waals surface area contributed by atoms with Crippen molar-refractivity contribution >= 4 is 23.3 Å². The molecule has 0 aromatic heterocycles. The molecule has 0 spiro atoms. The zero-order valence-electron chi connectivity index (χ0n) is 10.9. The Hall–Kier alpha value is -0.960. The molecule has 1 fully saturated rings. The summed E-state index contributed by atoms with van der Waals surface area (Å²) < 4.78 is 68.1. The van der Waals surface area contributed by atoms with Crippen LogP contribution in [0.4, 0.5) is 22.0 Å². The molecule has 1 amide bonds. The van der Waals surface area contributed by atoms with Crippen LogP contribution in [0.3, 0.4) is 0 Å². The Morgan fingerprint density at radius 3 is 2.24 bits per heavy atom. The number of ketones is 1. The molecule has 122 valence electrons. The largest absolute Gasteiger partial charge is 0.463 e. The van der Waals surface area contributed by atoms with E-state index in [0.717, 1.165) is 0 Å². The summed E-state index contributed by atoms with van der Waals surface area (Å²) in [6, 6.07) is -1.18. The van der Waals surface area contributed by atoms with E-state index < -0.39 is 48.2 Å². The SMILES string of the molecule is CCN(C(=O)C(F)(F)C(F)(F)F)C1COCC1C(=O)CCl. The van der Waals surface area contributed by atoms with E-state index in [2.05, 4.69) is 0 Å². The summed E-state index contributed by atoms with van der Waals surface area (Å²) in [5.41, 5.74) is 0. The highest BCUT2D eigenvalue weighted by Crippen LogP contribution is 2.38. The van der Waals surface area contributed by atoms with Gasteiger partial charge in [0.25, 0.3) is 0 Å². The van der Waals surface area contributed by atoms with Gasteiger partial charge in [-0.2, -0.15) is 22.0 Å². The molecule has 1 saturated heterocycles. The molecule has 0 aromatic rings. The Morgan fingerprint density at radius 1 is 1.24 bits per heavy atom. The zero-order chi connectivity index (χ0) is 16.4. The molecule has 2 atom stereocenters. The first-order valence-corrected chi connectivity index (χ1v) is 6.53. The first-order chi connectivity index (χ1) is 9.57. The van der Waals surface area contributed by atoms with E-state index in [9.17, 15) is 31.5 Å². The highest BCUT2D eigenvalue weighted by atomic mass is 35.5. The minimum absolute atomic E-state index is 0.169. The van der Waals surface area contributed by atoms with Gasteiger partial charge in [0.15, 0.2) is 5.78 Å². The highest BCUT2D eigenvalue weighted by molar-refractivity contribution is 6.28. The number of ether oxygens (including phenoxy) is 1. The molecule has 0 saturated carbocycles. The van der Waals surface area contributed by atoms with E-state index in [1.807, 2.05) is 0 Å². The van der Waals surface area contributed by atoms with Crippen molar-refractivity contribution in [2.75, 3.05) is 25.6 Å². The molecule has 0 bridgehead atoms. The molecule has 1 rings (SSSR count). The molecular formula is C11H13ClF5NO3. The van der Waals surface area contributed by atoms with E-state index in [0.29, 0.717) is 4.90 Å². The van der Waals surface area contributed by atoms with Crippen LogP contribution in [0, 0.1) is 5.92 Å². The number of hydrogen-bond acceptors (Lipinski definition) is 3. The van der Waals surface area contributed by atoms with Crippen LogP contribution in [0.25, 0.3) is 0 Å². The van der Waals surface area contributed by atoms with Crippen LogP contribution in [0.5, 0.6) is 0 Å². The van der Waals surface area contributed by atoms with Gasteiger partial charge in [-0.25, -0.2) is 0 Å². The van der Waals surface area contributed by atoms with Gasteiger partial charge >= 0.3 is 18.0 Å². The van der Waals surface area contributed by atoms with E-state index in [1.54, 1.807) is 0 Å². The van der Waals surface area contributed by atoms with Gasteiger partial charge < -0.3 is 9.64 Å². The third-order valence-corrected chi connectivity index (χ3v) is 3.49. The van der Waals surface area contributed by atoms with Gasteiger partial charge in [-0.05, 0) is 6.92 Å². The average Bonchev–Trinajstić information content (AvgIpc) is 2.86. The predicted molar refractivity (Wildman–Crippen MR) is 62.2 cm³/mol. The number of rotatable bonds is 5. The lowest BCUT2D eigenvalue weighted by Crippen LogP contribution is -2.57. The quantitative estimate of drug-likeness (QED) is 0.568. The normalized spacial score (nSPS) is 23.2. The maximum Gasteiger partial charge on any atom is 0.463 e. The minimum Gasteiger partial charge on any atom is -0.378 e. The number of halogens is 6. The maximum absolute atomic E-state index is 13.2. The molecule has 1 heterocycles. The van der Waals surface area contributed by atoms with E-state index in [1.165, 1.54) is 6.92 Å². The van der Waals surface area contributed by atoms with Crippen molar-refractivity contribution in [2.24, 2.45) is 5.92 Å². The topological polar surface area (TPSA) is 46.6 Å². The van der Waals surface area contributed by atoms with Crippen molar-refractivity contribution in [1.29, 1.82) is 0 Å². The van der Waals surface area contributed by atoms with E-state index in [4.69, 9.17) is 16.3 Å². The Bertz CT molecular complexity index is 415. The van der Waals surface area contributed by atoms with E-state index in [-0.39, 0.29) is 13.2 Å². The summed E-state index contributed by atoms with van der Waals surface area (Å²) in [6.45, 7) is 0.369. The predicted octanol–water partition coefficient (Wildman–Crippen LogP) is 1.86. The lowest BCUT2D eigenvalue weighted by molar-refractivity contribution is -0.275. The van der Waals surface area contributed by atoms with Crippen LogP contribution >= 0.6 is 11.6 Å². The number of alkyl halides is 6. The van der Waals surface area contributed by atoms with Crippen molar-refractivity contribution in [2.45, 2.75) is 25.1 Å². The van der Waals surface area contributed by atoms with Gasteiger partial charge in [0.1, 0.15) is 0 Å². The van der Waals surface area contributed by atoms with Crippen molar-refractivity contribution in [3.05, 3.63) is 0 Å². The Balaban J connectivity index is 3.02.